The van der Waals surface area contributed by atoms with E-state index in [1.807, 2.05) is 0 Å². The number of amides is 2. The van der Waals surface area contributed by atoms with Crippen LogP contribution >= 0.6 is 0 Å². The van der Waals surface area contributed by atoms with Crippen molar-refractivity contribution >= 4 is 22.0 Å². The van der Waals surface area contributed by atoms with E-state index >= 15 is 0 Å². The molecule has 28 heavy (non-hydrogen) atoms. The number of likely N-dealkylation sites (N-methyl/N-ethyl adjacent to an activating group) is 1. The second-order valence-electron chi connectivity index (χ2n) is 7.55. The lowest BCUT2D eigenvalue weighted by molar-refractivity contribution is -0.133. The van der Waals surface area contributed by atoms with Crippen LogP contribution in [0.25, 0.3) is 0 Å². The molecule has 2 amide bonds. The van der Waals surface area contributed by atoms with Crippen LogP contribution in [0, 0.1) is 5.82 Å². The van der Waals surface area contributed by atoms with Crippen LogP contribution in [-0.2, 0) is 19.6 Å². The molecular formula is C18H26FN3O5S. The number of sulfonamides is 1. The summed E-state index contributed by atoms with van der Waals surface area (Å²) in [4.78, 5) is 26.6. The van der Waals surface area contributed by atoms with Gasteiger partial charge in [0.25, 0.3) is 0 Å². The fraction of sp³-hybridized carbons (Fsp3) is 0.556. The summed E-state index contributed by atoms with van der Waals surface area (Å²) in [5.74, 6) is -1.11. The van der Waals surface area contributed by atoms with Gasteiger partial charge >= 0.3 is 6.09 Å². The lowest BCUT2D eigenvalue weighted by Gasteiger charge is -2.35. The minimum absolute atomic E-state index is 0.0541. The standard InChI is InChI=1S/C18H26FN3O5S/c1-18(2,3)27-17(24)20(4)13-16(23)21-9-11-22(12-10-21)28(25,26)15-8-6-5-7-14(15)19/h5-8H,9-13H2,1-4H3. The highest BCUT2D eigenvalue weighted by Crippen LogP contribution is 2.20. The summed E-state index contributed by atoms with van der Waals surface area (Å²) in [5.41, 5.74) is -0.666. The molecule has 1 aliphatic heterocycles. The van der Waals surface area contributed by atoms with E-state index in [4.69, 9.17) is 4.74 Å². The maximum Gasteiger partial charge on any atom is 0.410 e. The summed E-state index contributed by atoms with van der Waals surface area (Å²) >= 11 is 0. The van der Waals surface area contributed by atoms with E-state index in [0.29, 0.717) is 0 Å². The Bertz CT molecular complexity index is 830. The molecule has 10 heteroatoms. The van der Waals surface area contributed by atoms with E-state index in [2.05, 4.69) is 0 Å². The molecule has 1 aromatic carbocycles. The number of rotatable bonds is 4. The molecule has 2 rings (SSSR count). The number of ether oxygens (including phenoxy) is 1. The van der Waals surface area contributed by atoms with E-state index in [1.54, 1.807) is 20.8 Å². The van der Waals surface area contributed by atoms with E-state index < -0.39 is 27.5 Å². The van der Waals surface area contributed by atoms with Gasteiger partial charge in [-0.3, -0.25) is 4.79 Å². The number of carbonyl (C=O) groups excluding carboxylic acids is 2. The second kappa shape index (κ2) is 8.44. The highest BCUT2D eigenvalue weighted by Gasteiger charge is 2.32. The summed E-state index contributed by atoms with van der Waals surface area (Å²) in [6, 6.07) is 5.20. The molecule has 8 nitrogen and oxygen atoms in total. The zero-order valence-corrected chi connectivity index (χ0v) is 17.3. The van der Waals surface area contributed by atoms with Crippen LogP contribution in [0.1, 0.15) is 20.8 Å². The van der Waals surface area contributed by atoms with Crippen molar-refractivity contribution < 1.29 is 27.1 Å². The number of carbonyl (C=O) groups is 2. The summed E-state index contributed by atoms with van der Waals surface area (Å²) < 4.78 is 45.4. The maximum atomic E-state index is 13.9. The van der Waals surface area contributed by atoms with Crippen molar-refractivity contribution in [2.45, 2.75) is 31.3 Å². The molecular weight excluding hydrogens is 389 g/mol. The maximum absolute atomic E-state index is 13.9. The molecule has 0 atom stereocenters. The van der Waals surface area contributed by atoms with E-state index in [-0.39, 0.29) is 43.5 Å². The number of benzene rings is 1. The average Bonchev–Trinajstić information content (AvgIpc) is 2.60. The molecule has 0 radical (unpaired) electrons. The van der Waals surface area contributed by atoms with Crippen LogP contribution in [0.15, 0.2) is 29.2 Å². The van der Waals surface area contributed by atoms with E-state index in [0.717, 1.165) is 10.4 Å². The first-order valence-electron chi connectivity index (χ1n) is 8.88. The summed E-state index contributed by atoms with van der Waals surface area (Å²) in [5, 5.41) is 0. The average molecular weight is 415 g/mol. The van der Waals surface area contributed by atoms with Crippen molar-refractivity contribution in [3.8, 4) is 0 Å². The van der Waals surface area contributed by atoms with Crippen molar-refractivity contribution in [1.29, 1.82) is 0 Å². The van der Waals surface area contributed by atoms with Gasteiger partial charge in [0, 0.05) is 33.2 Å². The molecule has 0 bridgehead atoms. The van der Waals surface area contributed by atoms with Gasteiger partial charge in [-0.25, -0.2) is 17.6 Å². The molecule has 1 saturated heterocycles. The predicted octanol–water partition coefficient (Wildman–Crippen LogP) is 1.53. The van der Waals surface area contributed by atoms with Crippen LogP contribution in [0.3, 0.4) is 0 Å². The Labute approximate surface area is 164 Å². The van der Waals surface area contributed by atoms with Crippen LogP contribution < -0.4 is 0 Å². The van der Waals surface area contributed by atoms with Gasteiger partial charge in [0.05, 0.1) is 0 Å². The van der Waals surface area contributed by atoms with Gasteiger partial charge in [-0.05, 0) is 32.9 Å². The molecule has 0 aromatic heterocycles. The molecule has 0 N–H and O–H groups in total. The monoisotopic (exact) mass is 415 g/mol. The minimum Gasteiger partial charge on any atom is -0.444 e. The molecule has 1 fully saturated rings. The number of nitrogens with zero attached hydrogens (tertiary/aromatic N) is 3. The first kappa shape index (κ1) is 22.1. The van der Waals surface area contributed by atoms with Crippen molar-refractivity contribution in [2.24, 2.45) is 0 Å². The van der Waals surface area contributed by atoms with E-state index in [1.165, 1.54) is 35.0 Å². The summed E-state index contributed by atoms with van der Waals surface area (Å²) in [7, 11) is -2.50. The van der Waals surface area contributed by atoms with Crippen molar-refractivity contribution in [2.75, 3.05) is 39.8 Å². The Morgan fingerprint density at radius 2 is 1.71 bits per heavy atom. The molecule has 0 spiro atoms. The van der Waals surface area contributed by atoms with Crippen molar-refractivity contribution in [3.05, 3.63) is 30.1 Å². The van der Waals surface area contributed by atoms with Crippen LogP contribution in [0.5, 0.6) is 0 Å². The van der Waals surface area contributed by atoms with Gasteiger partial charge in [-0.2, -0.15) is 4.31 Å². The third-order valence-corrected chi connectivity index (χ3v) is 6.06. The fourth-order valence-electron chi connectivity index (χ4n) is 2.68. The molecule has 1 aliphatic rings. The Hall–Kier alpha value is -2.20. The number of halogens is 1. The van der Waals surface area contributed by atoms with Gasteiger partial charge in [0.15, 0.2) is 0 Å². The van der Waals surface area contributed by atoms with Gasteiger partial charge in [0.2, 0.25) is 15.9 Å². The van der Waals surface area contributed by atoms with Gasteiger partial charge < -0.3 is 14.5 Å². The summed E-state index contributed by atoms with van der Waals surface area (Å²) in [6.45, 7) is 5.46. The highest BCUT2D eigenvalue weighted by molar-refractivity contribution is 7.89. The zero-order chi connectivity index (χ0) is 21.1. The lowest BCUT2D eigenvalue weighted by atomic mass is 10.2. The third-order valence-electron chi connectivity index (χ3n) is 4.12. The summed E-state index contributed by atoms with van der Waals surface area (Å²) in [6.07, 6.45) is -0.610. The molecule has 0 aliphatic carbocycles. The number of hydrogen-bond donors (Lipinski definition) is 0. The van der Waals surface area contributed by atoms with Crippen LogP contribution in [-0.4, -0.2) is 79.9 Å². The first-order chi connectivity index (χ1) is 12.9. The fourth-order valence-corrected chi connectivity index (χ4v) is 4.17. The normalized spacial score (nSPS) is 16.0. The number of hydrogen-bond acceptors (Lipinski definition) is 5. The molecule has 0 unspecified atom stereocenters. The first-order valence-corrected chi connectivity index (χ1v) is 10.3. The predicted molar refractivity (Wildman–Crippen MR) is 101 cm³/mol. The Morgan fingerprint density at radius 1 is 1.14 bits per heavy atom. The van der Waals surface area contributed by atoms with Gasteiger partial charge in [0.1, 0.15) is 22.9 Å². The molecule has 1 aromatic rings. The topological polar surface area (TPSA) is 87.2 Å². The Balaban J connectivity index is 1.94. The van der Waals surface area contributed by atoms with E-state index in [9.17, 15) is 22.4 Å². The smallest absolute Gasteiger partial charge is 0.410 e. The van der Waals surface area contributed by atoms with Gasteiger partial charge in [-0.1, -0.05) is 12.1 Å². The van der Waals surface area contributed by atoms with Crippen LogP contribution in [0.2, 0.25) is 0 Å². The third kappa shape index (κ3) is 5.41. The number of piperazine rings is 1. The molecule has 0 saturated carbocycles. The molecule has 1 heterocycles. The van der Waals surface area contributed by atoms with Crippen LogP contribution in [0.4, 0.5) is 9.18 Å². The molecule has 156 valence electrons. The highest BCUT2D eigenvalue weighted by atomic mass is 32.2. The zero-order valence-electron chi connectivity index (χ0n) is 16.5. The Kier molecular flexibility index (Phi) is 6.66. The second-order valence-corrected chi connectivity index (χ2v) is 9.46. The Morgan fingerprint density at radius 3 is 2.25 bits per heavy atom. The SMILES string of the molecule is CN(CC(=O)N1CCN(S(=O)(=O)c2ccccc2F)CC1)C(=O)OC(C)(C)C. The quantitative estimate of drug-likeness (QED) is 0.744. The lowest BCUT2D eigenvalue weighted by Crippen LogP contribution is -2.52. The van der Waals surface area contributed by atoms with Crippen molar-refractivity contribution in [1.82, 2.24) is 14.1 Å². The van der Waals surface area contributed by atoms with Crippen molar-refractivity contribution in [3.63, 3.8) is 0 Å². The van der Waals surface area contributed by atoms with Gasteiger partial charge in [-0.15, -0.1) is 0 Å². The minimum atomic E-state index is -3.96. The largest absolute Gasteiger partial charge is 0.444 e.